The average Bonchev–Trinajstić information content (AvgIpc) is 2.24. The average molecular weight is 218 g/mol. The maximum absolute atomic E-state index is 4.43. The third-order valence-corrected chi connectivity index (χ3v) is 2.51. The summed E-state index contributed by atoms with van der Waals surface area (Å²) < 4.78 is 0. The van der Waals surface area contributed by atoms with Crippen molar-refractivity contribution in [2.75, 3.05) is 14.1 Å². The van der Waals surface area contributed by atoms with Crippen molar-refractivity contribution in [3.05, 3.63) is 29.3 Å². The van der Waals surface area contributed by atoms with Crippen LogP contribution in [0.25, 0.3) is 0 Å². The first-order valence-corrected chi connectivity index (χ1v) is 5.93. The summed E-state index contributed by atoms with van der Waals surface area (Å²) in [6, 6.07) is 6.54. The first kappa shape index (κ1) is 12.8. The van der Waals surface area contributed by atoms with E-state index < -0.39 is 0 Å². The molecule has 0 saturated heterocycles. The molecular weight excluding hydrogens is 196 g/mol. The molecule has 0 N–H and O–H groups in total. The Morgan fingerprint density at radius 3 is 2.62 bits per heavy atom. The lowest BCUT2D eigenvalue weighted by Crippen LogP contribution is -2.07. The molecule has 0 aliphatic rings. The van der Waals surface area contributed by atoms with Gasteiger partial charge in [0.15, 0.2) is 0 Å². The Kier molecular flexibility index (Phi) is 5.03. The van der Waals surface area contributed by atoms with Crippen LogP contribution in [0.2, 0.25) is 0 Å². The fourth-order valence-electron chi connectivity index (χ4n) is 1.58. The van der Waals surface area contributed by atoms with Gasteiger partial charge in [-0.25, -0.2) is 4.99 Å². The van der Waals surface area contributed by atoms with Gasteiger partial charge in [0.2, 0.25) is 0 Å². The molecule has 0 aliphatic heterocycles. The Labute approximate surface area is 99.0 Å². The number of aliphatic imine (C=N–C) groups is 1. The van der Waals surface area contributed by atoms with Gasteiger partial charge in [-0.2, -0.15) is 0 Å². The molecule has 0 aromatic heterocycles. The number of rotatable bonds is 5. The van der Waals surface area contributed by atoms with Crippen molar-refractivity contribution in [2.24, 2.45) is 4.99 Å². The molecule has 0 atom stereocenters. The molecule has 0 spiro atoms. The van der Waals surface area contributed by atoms with Gasteiger partial charge >= 0.3 is 0 Å². The molecule has 0 bridgehead atoms. The molecule has 0 unspecified atom stereocenters. The first-order valence-electron chi connectivity index (χ1n) is 5.93. The lowest BCUT2D eigenvalue weighted by molar-refractivity contribution is 0.643. The normalized spacial score (nSPS) is 11.0. The van der Waals surface area contributed by atoms with Crippen LogP contribution in [0.1, 0.15) is 30.9 Å². The van der Waals surface area contributed by atoms with E-state index in [1.54, 1.807) is 0 Å². The second kappa shape index (κ2) is 6.31. The summed E-state index contributed by atoms with van der Waals surface area (Å²) in [6.07, 6.45) is 5.53. The molecular formula is C14H22N2. The minimum Gasteiger partial charge on any atom is -0.369 e. The molecule has 88 valence electrons. The fourth-order valence-corrected chi connectivity index (χ4v) is 1.58. The van der Waals surface area contributed by atoms with E-state index in [1.165, 1.54) is 30.4 Å². The van der Waals surface area contributed by atoms with Gasteiger partial charge in [0, 0.05) is 14.1 Å². The van der Waals surface area contributed by atoms with E-state index in [9.17, 15) is 0 Å². The first-order chi connectivity index (χ1) is 7.63. The van der Waals surface area contributed by atoms with Crippen molar-refractivity contribution in [2.45, 2.75) is 33.1 Å². The van der Waals surface area contributed by atoms with Gasteiger partial charge in [0.1, 0.15) is 0 Å². The summed E-state index contributed by atoms with van der Waals surface area (Å²) in [6.45, 7) is 4.35. The number of unbranched alkanes of at least 4 members (excludes halogenated alkanes) is 1. The largest absolute Gasteiger partial charge is 0.369 e. The number of nitrogens with zero attached hydrogens (tertiary/aromatic N) is 2. The van der Waals surface area contributed by atoms with Gasteiger partial charge in [-0.05, 0) is 37.0 Å². The van der Waals surface area contributed by atoms with Crippen molar-refractivity contribution < 1.29 is 0 Å². The highest BCUT2D eigenvalue weighted by atomic mass is 15.1. The van der Waals surface area contributed by atoms with Crippen molar-refractivity contribution in [3.8, 4) is 0 Å². The van der Waals surface area contributed by atoms with Crippen molar-refractivity contribution in [3.63, 3.8) is 0 Å². The molecule has 16 heavy (non-hydrogen) atoms. The predicted octanol–water partition coefficient (Wildman–Crippen LogP) is 3.56. The van der Waals surface area contributed by atoms with E-state index in [0.717, 1.165) is 5.69 Å². The van der Waals surface area contributed by atoms with Crippen LogP contribution < -0.4 is 0 Å². The van der Waals surface area contributed by atoms with E-state index >= 15 is 0 Å². The predicted molar refractivity (Wildman–Crippen MR) is 71.6 cm³/mol. The number of hydrogen-bond donors (Lipinski definition) is 0. The highest BCUT2D eigenvalue weighted by Gasteiger charge is 1.98. The number of aryl methyl sites for hydroxylation is 2. The molecule has 1 aromatic rings. The van der Waals surface area contributed by atoms with E-state index in [1.807, 2.05) is 25.3 Å². The van der Waals surface area contributed by atoms with Crippen LogP contribution in [-0.4, -0.2) is 25.3 Å². The second-order valence-electron chi connectivity index (χ2n) is 4.43. The van der Waals surface area contributed by atoms with E-state index in [4.69, 9.17) is 0 Å². The zero-order valence-electron chi connectivity index (χ0n) is 10.8. The van der Waals surface area contributed by atoms with Gasteiger partial charge in [-0.3, -0.25) is 0 Å². The lowest BCUT2D eigenvalue weighted by atomic mass is 10.0. The Morgan fingerprint density at radius 2 is 2.06 bits per heavy atom. The Bertz CT molecular complexity index is 354. The Balaban J connectivity index is 2.75. The molecule has 0 heterocycles. The van der Waals surface area contributed by atoms with Gasteiger partial charge in [0.25, 0.3) is 0 Å². The summed E-state index contributed by atoms with van der Waals surface area (Å²) in [7, 11) is 3.96. The maximum Gasteiger partial charge on any atom is 0.0907 e. The highest BCUT2D eigenvalue weighted by molar-refractivity contribution is 5.62. The van der Waals surface area contributed by atoms with Crippen molar-refractivity contribution in [1.82, 2.24) is 4.90 Å². The molecule has 2 heteroatoms. The van der Waals surface area contributed by atoms with Crippen molar-refractivity contribution >= 4 is 12.0 Å². The highest BCUT2D eigenvalue weighted by Crippen LogP contribution is 2.20. The Morgan fingerprint density at radius 1 is 1.31 bits per heavy atom. The van der Waals surface area contributed by atoms with Crippen LogP contribution in [0.3, 0.4) is 0 Å². The minimum absolute atomic E-state index is 1.06. The topological polar surface area (TPSA) is 15.6 Å². The standard InChI is InChI=1S/C14H22N2/c1-5-6-7-13-8-9-14(12(2)10-13)15-11-16(3)4/h8-11H,5-7H2,1-4H3. The summed E-state index contributed by atoms with van der Waals surface area (Å²) >= 11 is 0. The molecule has 0 radical (unpaired) electrons. The van der Waals surface area contributed by atoms with Crippen LogP contribution in [0.4, 0.5) is 5.69 Å². The molecule has 2 nitrogen and oxygen atoms in total. The molecule has 0 fully saturated rings. The maximum atomic E-state index is 4.43. The third kappa shape index (κ3) is 4.05. The summed E-state index contributed by atoms with van der Waals surface area (Å²) in [5, 5.41) is 0. The number of benzene rings is 1. The molecule has 0 saturated carbocycles. The summed E-state index contributed by atoms with van der Waals surface area (Å²) in [5.74, 6) is 0. The zero-order chi connectivity index (χ0) is 12.0. The monoisotopic (exact) mass is 218 g/mol. The van der Waals surface area contributed by atoms with Crippen LogP contribution in [-0.2, 0) is 6.42 Å². The lowest BCUT2D eigenvalue weighted by Gasteiger charge is -2.06. The van der Waals surface area contributed by atoms with E-state index in [2.05, 4.69) is 37.0 Å². The van der Waals surface area contributed by atoms with Gasteiger partial charge in [-0.15, -0.1) is 0 Å². The van der Waals surface area contributed by atoms with E-state index in [-0.39, 0.29) is 0 Å². The zero-order valence-corrected chi connectivity index (χ0v) is 10.8. The van der Waals surface area contributed by atoms with Crippen LogP contribution in [0.5, 0.6) is 0 Å². The summed E-state index contributed by atoms with van der Waals surface area (Å²) in [4.78, 5) is 6.38. The smallest absolute Gasteiger partial charge is 0.0907 e. The SMILES string of the molecule is CCCCc1ccc(N=CN(C)C)c(C)c1. The van der Waals surface area contributed by atoms with E-state index in [0.29, 0.717) is 0 Å². The quantitative estimate of drug-likeness (QED) is 0.545. The second-order valence-corrected chi connectivity index (χ2v) is 4.43. The molecule has 1 aromatic carbocycles. The van der Waals surface area contributed by atoms with Gasteiger partial charge in [-0.1, -0.05) is 25.5 Å². The number of hydrogen-bond acceptors (Lipinski definition) is 1. The third-order valence-electron chi connectivity index (χ3n) is 2.51. The van der Waals surface area contributed by atoms with Crippen LogP contribution in [0.15, 0.2) is 23.2 Å². The summed E-state index contributed by atoms with van der Waals surface area (Å²) in [5.41, 5.74) is 3.74. The van der Waals surface area contributed by atoms with Crippen LogP contribution >= 0.6 is 0 Å². The molecule has 1 rings (SSSR count). The van der Waals surface area contributed by atoms with Gasteiger partial charge < -0.3 is 4.90 Å². The molecule has 0 amide bonds. The fraction of sp³-hybridized carbons (Fsp3) is 0.500. The van der Waals surface area contributed by atoms with Gasteiger partial charge in [0.05, 0.1) is 12.0 Å². The molecule has 0 aliphatic carbocycles. The van der Waals surface area contributed by atoms with Crippen molar-refractivity contribution in [1.29, 1.82) is 0 Å². The minimum atomic E-state index is 1.06. The Hall–Kier alpha value is -1.31. The van der Waals surface area contributed by atoms with Crippen LogP contribution in [0, 0.1) is 6.92 Å².